The number of carboxylic acid groups (broad SMARTS) is 1. The fourth-order valence-electron chi connectivity index (χ4n) is 2.48. The first-order chi connectivity index (χ1) is 13.8. The number of pyridine rings is 1. The number of alkyl halides is 6. The van der Waals surface area contributed by atoms with Crippen molar-refractivity contribution in [2.45, 2.75) is 18.8 Å². The van der Waals surface area contributed by atoms with Gasteiger partial charge in [-0.2, -0.15) is 26.3 Å². The van der Waals surface area contributed by atoms with Crippen molar-refractivity contribution in [3.63, 3.8) is 0 Å². The first-order valence-electron chi connectivity index (χ1n) is 8.08. The standard InChI is InChI=1S/C18H12F6N2O4/c19-17(20,21)10-5-11(12(8-27)13(6-10)18(22,23)24)9-1-2-14(26-7-9)16(30)25-4-3-15(28)29/h1-2,5-8H,3-4H2,(H,25,30)(H,28,29). The highest BCUT2D eigenvalue weighted by Crippen LogP contribution is 2.41. The van der Waals surface area contributed by atoms with Crippen LogP contribution >= 0.6 is 0 Å². The molecule has 2 N–H and O–H groups in total. The van der Waals surface area contributed by atoms with Crippen molar-refractivity contribution in [2.75, 3.05) is 6.54 Å². The fraction of sp³-hybridized carbons (Fsp3) is 0.222. The third-order valence-electron chi connectivity index (χ3n) is 3.86. The minimum atomic E-state index is -5.22. The Labute approximate surface area is 164 Å². The Morgan fingerprint density at radius 3 is 2.20 bits per heavy atom. The number of aliphatic carboxylic acids is 1. The van der Waals surface area contributed by atoms with E-state index in [2.05, 4.69) is 10.3 Å². The second-order valence-electron chi connectivity index (χ2n) is 5.93. The number of rotatable bonds is 6. The summed E-state index contributed by atoms with van der Waals surface area (Å²) in [6.45, 7) is -0.213. The van der Waals surface area contributed by atoms with Gasteiger partial charge in [0, 0.05) is 23.9 Å². The molecule has 1 amide bonds. The average Bonchev–Trinajstić information content (AvgIpc) is 2.65. The zero-order valence-electron chi connectivity index (χ0n) is 14.8. The van der Waals surface area contributed by atoms with Crippen molar-refractivity contribution in [2.24, 2.45) is 0 Å². The number of halogens is 6. The summed E-state index contributed by atoms with van der Waals surface area (Å²) in [4.78, 5) is 37.2. The molecule has 0 spiro atoms. The molecule has 1 aromatic heterocycles. The van der Waals surface area contributed by atoms with Crippen LogP contribution < -0.4 is 5.32 Å². The minimum absolute atomic E-state index is 0.148. The molecule has 1 heterocycles. The number of hydrogen-bond acceptors (Lipinski definition) is 4. The predicted molar refractivity (Wildman–Crippen MR) is 89.7 cm³/mol. The molecule has 2 aromatic rings. The van der Waals surface area contributed by atoms with Crippen molar-refractivity contribution < 1.29 is 45.8 Å². The number of carbonyl (C=O) groups excluding carboxylic acids is 2. The number of benzene rings is 1. The smallest absolute Gasteiger partial charge is 0.417 e. The van der Waals surface area contributed by atoms with E-state index >= 15 is 0 Å². The molecule has 1 aromatic carbocycles. The molecule has 0 saturated heterocycles. The first-order valence-corrected chi connectivity index (χ1v) is 8.08. The SMILES string of the molecule is O=Cc1c(-c2ccc(C(=O)NCCC(=O)O)nc2)cc(C(F)(F)F)cc1C(F)(F)F. The van der Waals surface area contributed by atoms with Gasteiger partial charge in [-0.3, -0.25) is 19.4 Å². The normalized spacial score (nSPS) is 11.8. The summed E-state index contributed by atoms with van der Waals surface area (Å²) in [6.07, 6.45) is -10.0. The molecule has 0 saturated carbocycles. The summed E-state index contributed by atoms with van der Waals surface area (Å²) in [5.41, 5.74) is -5.52. The molecular formula is C18H12F6N2O4. The molecule has 0 radical (unpaired) electrons. The van der Waals surface area contributed by atoms with Crippen molar-refractivity contribution in [1.29, 1.82) is 0 Å². The van der Waals surface area contributed by atoms with Crippen LogP contribution in [0.4, 0.5) is 26.3 Å². The second-order valence-corrected chi connectivity index (χ2v) is 5.93. The van der Waals surface area contributed by atoms with Crippen LogP contribution in [0.2, 0.25) is 0 Å². The van der Waals surface area contributed by atoms with Gasteiger partial charge in [-0.15, -0.1) is 0 Å². The largest absolute Gasteiger partial charge is 0.481 e. The van der Waals surface area contributed by atoms with E-state index in [-0.39, 0.29) is 36.6 Å². The fourth-order valence-corrected chi connectivity index (χ4v) is 2.48. The van der Waals surface area contributed by atoms with Crippen LogP contribution in [0.1, 0.15) is 38.4 Å². The number of nitrogens with one attached hydrogen (secondary N) is 1. The van der Waals surface area contributed by atoms with Gasteiger partial charge in [-0.1, -0.05) is 6.07 Å². The molecule has 0 bridgehead atoms. The third-order valence-corrected chi connectivity index (χ3v) is 3.86. The second kappa shape index (κ2) is 8.51. The summed E-state index contributed by atoms with van der Waals surface area (Å²) in [5.74, 6) is -1.96. The number of carboxylic acids is 1. The van der Waals surface area contributed by atoms with E-state index in [0.29, 0.717) is 6.07 Å². The lowest BCUT2D eigenvalue weighted by Gasteiger charge is -2.17. The Kier molecular flexibility index (Phi) is 6.48. The Hall–Kier alpha value is -3.44. The number of aldehydes is 1. The number of carbonyl (C=O) groups is 3. The lowest BCUT2D eigenvalue weighted by molar-refractivity contribution is -0.143. The topological polar surface area (TPSA) is 96.4 Å². The number of amides is 1. The molecule has 0 aliphatic heterocycles. The van der Waals surface area contributed by atoms with E-state index in [1.807, 2.05) is 0 Å². The Bertz CT molecular complexity index is 968. The minimum Gasteiger partial charge on any atom is -0.481 e. The molecule has 6 nitrogen and oxygen atoms in total. The van der Waals surface area contributed by atoms with Gasteiger partial charge < -0.3 is 10.4 Å². The summed E-state index contributed by atoms with van der Waals surface area (Å²) in [5, 5.41) is 10.7. The zero-order chi connectivity index (χ0) is 22.7. The van der Waals surface area contributed by atoms with Gasteiger partial charge in [-0.05, 0) is 23.8 Å². The van der Waals surface area contributed by atoms with Crippen LogP contribution in [0.15, 0.2) is 30.5 Å². The zero-order valence-corrected chi connectivity index (χ0v) is 14.8. The van der Waals surface area contributed by atoms with Crippen molar-refractivity contribution in [3.05, 3.63) is 52.8 Å². The lowest BCUT2D eigenvalue weighted by atomic mass is 9.93. The molecule has 12 heteroatoms. The van der Waals surface area contributed by atoms with Gasteiger partial charge in [0.15, 0.2) is 6.29 Å². The van der Waals surface area contributed by atoms with Crippen molar-refractivity contribution in [1.82, 2.24) is 10.3 Å². The van der Waals surface area contributed by atoms with Crippen LogP contribution in [-0.4, -0.2) is 34.8 Å². The van der Waals surface area contributed by atoms with Crippen LogP contribution in [0, 0.1) is 0 Å². The maximum absolute atomic E-state index is 13.2. The number of nitrogens with zero attached hydrogens (tertiary/aromatic N) is 1. The van der Waals surface area contributed by atoms with Crippen LogP contribution in [0.3, 0.4) is 0 Å². The maximum atomic E-state index is 13.2. The molecule has 0 fully saturated rings. The van der Waals surface area contributed by atoms with E-state index in [9.17, 15) is 40.7 Å². The van der Waals surface area contributed by atoms with E-state index < -0.39 is 46.5 Å². The van der Waals surface area contributed by atoms with Crippen LogP contribution in [0.25, 0.3) is 11.1 Å². The van der Waals surface area contributed by atoms with Gasteiger partial charge in [0.25, 0.3) is 5.91 Å². The summed E-state index contributed by atoms with van der Waals surface area (Å²) < 4.78 is 78.8. The van der Waals surface area contributed by atoms with E-state index in [0.717, 1.165) is 18.3 Å². The van der Waals surface area contributed by atoms with E-state index in [1.54, 1.807) is 0 Å². The summed E-state index contributed by atoms with van der Waals surface area (Å²) >= 11 is 0. The lowest BCUT2D eigenvalue weighted by Crippen LogP contribution is -2.26. The van der Waals surface area contributed by atoms with Gasteiger partial charge in [-0.25, -0.2) is 0 Å². The van der Waals surface area contributed by atoms with Crippen molar-refractivity contribution in [3.8, 4) is 11.1 Å². The first kappa shape index (κ1) is 22.8. The monoisotopic (exact) mass is 434 g/mol. The average molecular weight is 434 g/mol. The Morgan fingerprint density at radius 1 is 1.07 bits per heavy atom. The highest BCUT2D eigenvalue weighted by Gasteiger charge is 2.39. The van der Waals surface area contributed by atoms with Gasteiger partial charge in [0.2, 0.25) is 0 Å². The quantitative estimate of drug-likeness (QED) is 0.533. The molecule has 30 heavy (non-hydrogen) atoms. The molecule has 0 unspecified atom stereocenters. The van der Waals surface area contributed by atoms with Gasteiger partial charge >= 0.3 is 18.3 Å². The molecule has 160 valence electrons. The third kappa shape index (κ3) is 5.33. The van der Waals surface area contributed by atoms with E-state index in [4.69, 9.17) is 5.11 Å². The molecule has 0 aliphatic rings. The summed E-state index contributed by atoms with van der Waals surface area (Å²) in [7, 11) is 0. The van der Waals surface area contributed by atoms with E-state index in [1.165, 1.54) is 0 Å². The Balaban J connectivity index is 2.48. The summed E-state index contributed by atoms with van der Waals surface area (Å²) in [6, 6.07) is 2.29. The van der Waals surface area contributed by atoms with Crippen molar-refractivity contribution >= 4 is 18.2 Å². The van der Waals surface area contributed by atoms with Gasteiger partial charge in [0.1, 0.15) is 5.69 Å². The van der Waals surface area contributed by atoms with Crippen LogP contribution in [-0.2, 0) is 17.1 Å². The highest BCUT2D eigenvalue weighted by atomic mass is 19.4. The number of aromatic nitrogens is 1. The number of hydrogen-bond donors (Lipinski definition) is 2. The molecular weight excluding hydrogens is 422 g/mol. The molecule has 0 atom stereocenters. The maximum Gasteiger partial charge on any atom is 0.417 e. The predicted octanol–water partition coefficient (Wildman–Crippen LogP) is 3.80. The molecule has 2 rings (SSSR count). The van der Waals surface area contributed by atoms with Crippen LogP contribution in [0.5, 0.6) is 0 Å². The Morgan fingerprint density at radius 2 is 1.73 bits per heavy atom. The van der Waals surface area contributed by atoms with Gasteiger partial charge in [0.05, 0.1) is 17.5 Å². The highest BCUT2D eigenvalue weighted by molar-refractivity contribution is 5.94. The molecule has 0 aliphatic carbocycles.